The minimum atomic E-state index is -0.708. The van der Waals surface area contributed by atoms with Crippen LogP contribution >= 0.6 is 0 Å². The summed E-state index contributed by atoms with van der Waals surface area (Å²) in [5.41, 5.74) is 1.77. The Morgan fingerprint density at radius 2 is 1.88 bits per heavy atom. The Bertz CT molecular complexity index is 1530. The standard InChI is InChI=1S/C22H16F2N8O2/c1-12-19(29-30-32(12)15-6-3-13(23)4-7-15)21(33)28-14-5-8-18(17(24)9-14)34-22-16-10-27-31(2)20(16)25-11-26-22/h3-11H,1-2H3,(H,28,33). The fourth-order valence-corrected chi connectivity index (χ4v) is 3.34. The zero-order valence-electron chi connectivity index (χ0n) is 17.9. The number of hydrogen-bond acceptors (Lipinski definition) is 7. The van der Waals surface area contributed by atoms with E-state index < -0.39 is 17.5 Å². The molecule has 0 fully saturated rings. The van der Waals surface area contributed by atoms with Gasteiger partial charge in [-0.25, -0.2) is 23.4 Å². The molecule has 0 unspecified atom stereocenters. The van der Waals surface area contributed by atoms with Gasteiger partial charge in [0.05, 0.1) is 17.6 Å². The molecule has 2 aromatic carbocycles. The molecule has 1 N–H and O–H groups in total. The van der Waals surface area contributed by atoms with Crippen molar-refractivity contribution in [3.8, 4) is 17.3 Å². The smallest absolute Gasteiger partial charge is 0.278 e. The van der Waals surface area contributed by atoms with E-state index in [-0.39, 0.29) is 23.0 Å². The molecule has 170 valence electrons. The largest absolute Gasteiger partial charge is 0.435 e. The third-order valence-electron chi connectivity index (χ3n) is 5.07. The third-order valence-corrected chi connectivity index (χ3v) is 5.07. The number of carbonyl (C=O) groups is 1. The lowest BCUT2D eigenvalue weighted by atomic mass is 10.2. The first-order chi connectivity index (χ1) is 16.4. The van der Waals surface area contributed by atoms with Crippen LogP contribution < -0.4 is 10.1 Å². The Kier molecular flexibility index (Phi) is 5.17. The van der Waals surface area contributed by atoms with Gasteiger partial charge in [0.25, 0.3) is 5.91 Å². The quantitative estimate of drug-likeness (QED) is 0.425. The van der Waals surface area contributed by atoms with Crippen molar-refractivity contribution >= 4 is 22.6 Å². The van der Waals surface area contributed by atoms with E-state index in [2.05, 4.69) is 30.7 Å². The third kappa shape index (κ3) is 3.81. The van der Waals surface area contributed by atoms with Crippen LogP contribution in [0.2, 0.25) is 0 Å². The maximum atomic E-state index is 14.7. The minimum Gasteiger partial charge on any atom is -0.435 e. The van der Waals surface area contributed by atoms with E-state index in [0.29, 0.717) is 22.4 Å². The molecule has 0 radical (unpaired) electrons. The normalized spacial score (nSPS) is 11.1. The SMILES string of the molecule is Cc1c(C(=O)Nc2ccc(Oc3ncnc4c3cnn4C)c(F)c2)nnn1-c1ccc(F)cc1. The molecule has 0 aliphatic carbocycles. The summed E-state index contributed by atoms with van der Waals surface area (Å²) < 4.78 is 36.5. The summed E-state index contributed by atoms with van der Waals surface area (Å²) in [4.78, 5) is 20.9. The van der Waals surface area contributed by atoms with Gasteiger partial charge >= 0.3 is 0 Å². The Hall–Kier alpha value is -4.74. The lowest BCUT2D eigenvalue weighted by Crippen LogP contribution is -2.14. The van der Waals surface area contributed by atoms with Crippen LogP contribution in [-0.2, 0) is 7.05 Å². The molecule has 34 heavy (non-hydrogen) atoms. The predicted molar refractivity (Wildman–Crippen MR) is 117 cm³/mol. The van der Waals surface area contributed by atoms with Crippen LogP contribution in [0.3, 0.4) is 0 Å². The van der Waals surface area contributed by atoms with E-state index in [1.807, 2.05) is 0 Å². The van der Waals surface area contributed by atoms with E-state index in [1.165, 1.54) is 53.6 Å². The Balaban J connectivity index is 1.34. The maximum Gasteiger partial charge on any atom is 0.278 e. The van der Waals surface area contributed by atoms with Gasteiger partial charge < -0.3 is 10.1 Å². The number of fused-ring (bicyclic) bond motifs is 1. The number of hydrogen-bond donors (Lipinski definition) is 1. The molecule has 10 nitrogen and oxygen atoms in total. The van der Waals surface area contributed by atoms with Crippen LogP contribution in [0, 0.1) is 18.6 Å². The summed E-state index contributed by atoms with van der Waals surface area (Å²) in [7, 11) is 1.72. The number of aromatic nitrogens is 7. The summed E-state index contributed by atoms with van der Waals surface area (Å²) in [5.74, 6) is -1.60. The zero-order chi connectivity index (χ0) is 23.8. The van der Waals surface area contributed by atoms with Crippen LogP contribution in [0.1, 0.15) is 16.2 Å². The fourth-order valence-electron chi connectivity index (χ4n) is 3.34. The average molecular weight is 462 g/mol. The van der Waals surface area contributed by atoms with E-state index in [0.717, 1.165) is 6.07 Å². The van der Waals surface area contributed by atoms with Crippen LogP contribution in [0.4, 0.5) is 14.5 Å². The number of halogens is 2. The highest BCUT2D eigenvalue weighted by atomic mass is 19.1. The Morgan fingerprint density at radius 1 is 1.09 bits per heavy atom. The molecule has 0 saturated carbocycles. The van der Waals surface area contributed by atoms with Gasteiger partial charge in [-0.3, -0.25) is 9.48 Å². The molecule has 0 spiro atoms. The lowest BCUT2D eigenvalue weighted by Gasteiger charge is -2.09. The number of nitrogens with zero attached hydrogens (tertiary/aromatic N) is 7. The van der Waals surface area contributed by atoms with E-state index in [9.17, 15) is 13.6 Å². The molecule has 0 atom stereocenters. The minimum absolute atomic E-state index is 0.0463. The van der Waals surface area contributed by atoms with Gasteiger partial charge in [0.1, 0.15) is 17.5 Å². The van der Waals surface area contributed by atoms with Gasteiger partial charge in [0.2, 0.25) is 5.88 Å². The highest BCUT2D eigenvalue weighted by Crippen LogP contribution is 2.29. The Labute approximate surface area is 190 Å². The van der Waals surface area contributed by atoms with Gasteiger partial charge in [-0.15, -0.1) is 5.10 Å². The van der Waals surface area contributed by atoms with Crippen molar-refractivity contribution in [1.82, 2.24) is 34.7 Å². The summed E-state index contributed by atoms with van der Waals surface area (Å²) >= 11 is 0. The maximum absolute atomic E-state index is 14.7. The van der Waals surface area contributed by atoms with Gasteiger partial charge in [0, 0.05) is 18.8 Å². The molecule has 0 saturated heterocycles. The molecule has 1 amide bonds. The predicted octanol–water partition coefficient (Wildman–Crippen LogP) is 3.58. The van der Waals surface area contributed by atoms with Gasteiger partial charge in [-0.05, 0) is 43.3 Å². The first-order valence-corrected chi connectivity index (χ1v) is 10.0. The van der Waals surface area contributed by atoms with Crippen molar-refractivity contribution in [3.63, 3.8) is 0 Å². The molecule has 3 aromatic heterocycles. The van der Waals surface area contributed by atoms with Gasteiger partial charge in [-0.1, -0.05) is 5.21 Å². The van der Waals surface area contributed by atoms with Crippen molar-refractivity contribution in [2.75, 3.05) is 5.32 Å². The summed E-state index contributed by atoms with van der Waals surface area (Å²) in [6.45, 7) is 1.65. The highest BCUT2D eigenvalue weighted by Gasteiger charge is 2.19. The number of carbonyl (C=O) groups excluding carboxylic acids is 1. The number of aryl methyl sites for hydroxylation is 1. The summed E-state index contributed by atoms with van der Waals surface area (Å²) in [5, 5.41) is 15.1. The van der Waals surface area contributed by atoms with Gasteiger partial charge in [-0.2, -0.15) is 5.10 Å². The molecular weight excluding hydrogens is 446 g/mol. The monoisotopic (exact) mass is 462 g/mol. The number of rotatable bonds is 5. The Morgan fingerprint density at radius 3 is 2.65 bits per heavy atom. The average Bonchev–Trinajstić information content (AvgIpc) is 3.39. The molecule has 0 bridgehead atoms. The molecule has 5 aromatic rings. The van der Waals surface area contributed by atoms with Gasteiger partial charge in [0.15, 0.2) is 22.9 Å². The van der Waals surface area contributed by atoms with E-state index >= 15 is 0 Å². The molecular formula is C22H16F2N8O2. The van der Waals surface area contributed by atoms with Crippen molar-refractivity contribution in [2.45, 2.75) is 6.92 Å². The second-order valence-electron chi connectivity index (χ2n) is 7.30. The molecule has 0 aliphatic rings. The highest BCUT2D eigenvalue weighted by molar-refractivity contribution is 6.03. The summed E-state index contributed by atoms with van der Waals surface area (Å²) in [6.07, 6.45) is 2.83. The molecule has 3 heterocycles. The van der Waals surface area contributed by atoms with Crippen molar-refractivity contribution in [3.05, 3.63) is 78.0 Å². The second-order valence-corrected chi connectivity index (χ2v) is 7.30. The van der Waals surface area contributed by atoms with Crippen LogP contribution in [0.25, 0.3) is 16.7 Å². The number of anilines is 1. The lowest BCUT2D eigenvalue weighted by molar-refractivity contribution is 0.102. The molecule has 0 aliphatic heterocycles. The van der Waals surface area contributed by atoms with Crippen molar-refractivity contribution in [2.24, 2.45) is 7.05 Å². The van der Waals surface area contributed by atoms with Crippen LogP contribution in [-0.4, -0.2) is 40.6 Å². The fraction of sp³-hybridized carbons (Fsp3) is 0.0909. The topological polar surface area (TPSA) is 113 Å². The van der Waals surface area contributed by atoms with Crippen molar-refractivity contribution in [1.29, 1.82) is 0 Å². The molecule has 5 rings (SSSR count). The number of amides is 1. The van der Waals surface area contributed by atoms with Crippen LogP contribution in [0.5, 0.6) is 11.6 Å². The first kappa shape index (κ1) is 21.1. The van der Waals surface area contributed by atoms with Crippen molar-refractivity contribution < 1.29 is 18.3 Å². The zero-order valence-corrected chi connectivity index (χ0v) is 17.9. The summed E-state index contributed by atoms with van der Waals surface area (Å²) in [6, 6.07) is 9.57. The molecule has 12 heteroatoms. The number of nitrogens with one attached hydrogen (secondary N) is 1. The van der Waals surface area contributed by atoms with Crippen LogP contribution in [0.15, 0.2) is 55.0 Å². The first-order valence-electron chi connectivity index (χ1n) is 10.0. The van der Waals surface area contributed by atoms with E-state index in [1.54, 1.807) is 18.7 Å². The number of ether oxygens (including phenoxy) is 1. The second kappa shape index (κ2) is 8.31. The number of benzene rings is 2. The van der Waals surface area contributed by atoms with E-state index in [4.69, 9.17) is 4.74 Å².